The SMILES string of the molecule is CCOC#C[P+](O)(OCC)OCC. The molecule has 0 heterocycles. The Labute approximate surface area is 79.8 Å². The number of hydrogen-bond donors (Lipinski definition) is 1. The smallest absolute Gasteiger partial charge is 0.444 e. The van der Waals surface area contributed by atoms with Crippen molar-refractivity contribution in [3.05, 3.63) is 0 Å². The molecule has 0 aromatic rings. The van der Waals surface area contributed by atoms with Crippen molar-refractivity contribution in [3.8, 4) is 11.8 Å². The zero-order valence-electron chi connectivity index (χ0n) is 8.24. The second kappa shape index (κ2) is 7.11. The molecule has 0 aliphatic carbocycles. The van der Waals surface area contributed by atoms with Crippen LogP contribution in [0.15, 0.2) is 0 Å². The number of hydrogen-bond acceptors (Lipinski definition) is 4. The highest BCUT2D eigenvalue weighted by Crippen LogP contribution is 2.55. The molecule has 0 aliphatic rings. The fraction of sp³-hybridized carbons (Fsp3) is 0.750. The summed E-state index contributed by atoms with van der Waals surface area (Å²) in [5.74, 6) is 0. The summed E-state index contributed by atoms with van der Waals surface area (Å²) in [7, 11) is -2.99. The quantitative estimate of drug-likeness (QED) is 0.551. The summed E-state index contributed by atoms with van der Waals surface area (Å²) in [4.78, 5) is 9.65. The molecule has 0 spiro atoms. The number of rotatable bonds is 5. The van der Waals surface area contributed by atoms with Crippen molar-refractivity contribution in [1.29, 1.82) is 0 Å². The zero-order valence-corrected chi connectivity index (χ0v) is 9.13. The van der Waals surface area contributed by atoms with Crippen molar-refractivity contribution >= 4 is 7.94 Å². The van der Waals surface area contributed by atoms with Gasteiger partial charge in [0.15, 0.2) is 6.11 Å². The van der Waals surface area contributed by atoms with E-state index in [1.165, 1.54) is 0 Å². The molecule has 0 aromatic carbocycles. The first-order valence-electron chi connectivity index (χ1n) is 4.23. The van der Waals surface area contributed by atoms with Crippen molar-refractivity contribution < 1.29 is 18.7 Å². The molecule has 1 N–H and O–H groups in total. The lowest BCUT2D eigenvalue weighted by Crippen LogP contribution is -2.00. The van der Waals surface area contributed by atoms with Gasteiger partial charge in [-0.2, -0.15) is 13.9 Å². The van der Waals surface area contributed by atoms with E-state index in [1.807, 2.05) is 6.92 Å². The van der Waals surface area contributed by atoms with E-state index in [9.17, 15) is 4.89 Å². The average Bonchev–Trinajstić information content (AvgIpc) is 2.05. The van der Waals surface area contributed by atoms with Crippen molar-refractivity contribution in [2.45, 2.75) is 20.8 Å². The molecule has 0 fully saturated rings. The minimum absolute atomic E-state index is 0.366. The monoisotopic (exact) mass is 207 g/mol. The van der Waals surface area contributed by atoms with Crippen LogP contribution >= 0.6 is 7.94 Å². The molecule has 0 unspecified atom stereocenters. The topological polar surface area (TPSA) is 47.9 Å². The molecular weight excluding hydrogens is 191 g/mol. The summed E-state index contributed by atoms with van der Waals surface area (Å²) in [5, 5.41) is 0. The van der Waals surface area contributed by atoms with Crippen LogP contribution in [0.3, 0.4) is 0 Å². The molecule has 76 valence electrons. The maximum atomic E-state index is 9.65. The van der Waals surface area contributed by atoms with E-state index in [0.29, 0.717) is 19.8 Å². The van der Waals surface area contributed by atoms with Gasteiger partial charge in [-0.3, -0.25) is 0 Å². The van der Waals surface area contributed by atoms with Gasteiger partial charge in [0, 0.05) is 0 Å². The summed E-state index contributed by atoms with van der Waals surface area (Å²) >= 11 is 0. The van der Waals surface area contributed by atoms with Crippen LogP contribution in [0, 0.1) is 11.8 Å². The van der Waals surface area contributed by atoms with E-state index in [1.54, 1.807) is 13.8 Å². The van der Waals surface area contributed by atoms with Crippen LogP contribution in [0.5, 0.6) is 0 Å². The molecule has 13 heavy (non-hydrogen) atoms. The van der Waals surface area contributed by atoms with Gasteiger partial charge in [0.2, 0.25) is 5.66 Å². The first kappa shape index (κ1) is 12.7. The standard InChI is InChI=1S/C8H16O4P/c1-4-10-7-8-13(9,11-5-2)12-6-3/h9H,4-6H2,1-3H3/q+1. The molecule has 5 heteroatoms. The van der Waals surface area contributed by atoms with Gasteiger partial charge in [0.25, 0.3) is 0 Å². The first-order chi connectivity index (χ1) is 6.18. The van der Waals surface area contributed by atoms with Crippen LogP contribution in [0.1, 0.15) is 20.8 Å². The second-order valence-corrected chi connectivity index (χ2v) is 3.78. The average molecular weight is 207 g/mol. The molecule has 0 radical (unpaired) electrons. The third kappa shape index (κ3) is 5.84. The summed E-state index contributed by atoms with van der Waals surface area (Å²) < 4.78 is 14.8. The fourth-order valence-corrected chi connectivity index (χ4v) is 1.70. The second-order valence-electron chi connectivity index (χ2n) is 2.00. The fourth-order valence-electron chi connectivity index (χ4n) is 0.614. The Morgan fingerprint density at radius 1 is 1.08 bits per heavy atom. The van der Waals surface area contributed by atoms with Crippen LogP contribution in [0.4, 0.5) is 0 Å². The summed E-state index contributed by atoms with van der Waals surface area (Å²) in [6, 6.07) is 0. The van der Waals surface area contributed by atoms with Crippen molar-refractivity contribution in [3.63, 3.8) is 0 Å². The Kier molecular flexibility index (Phi) is 6.93. The minimum Gasteiger partial charge on any atom is -0.444 e. The van der Waals surface area contributed by atoms with E-state index >= 15 is 0 Å². The molecule has 0 aromatic heterocycles. The minimum atomic E-state index is -2.99. The maximum absolute atomic E-state index is 9.65. The van der Waals surface area contributed by atoms with Crippen LogP contribution in [0.2, 0.25) is 0 Å². The summed E-state index contributed by atoms with van der Waals surface area (Å²) in [5.41, 5.74) is 2.45. The Morgan fingerprint density at radius 2 is 1.62 bits per heavy atom. The largest absolute Gasteiger partial charge is 0.499 e. The molecule has 0 amide bonds. The van der Waals surface area contributed by atoms with Gasteiger partial charge in [-0.15, -0.1) is 0 Å². The highest BCUT2D eigenvalue weighted by atomic mass is 31.2. The molecule has 0 atom stereocenters. The van der Waals surface area contributed by atoms with Crippen molar-refractivity contribution in [2.75, 3.05) is 19.8 Å². The Bertz CT molecular complexity index is 178. The Hall–Kier alpha value is -0.330. The summed E-state index contributed by atoms with van der Waals surface area (Å²) in [6.45, 7) is 6.56. The van der Waals surface area contributed by atoms with Gasteiger partial charge >= 0.3 is 7.94 Å². The van der Waals surface area contributed by atoms with Crippen molar-refractivity contribution in [1.82, 2.24) is 0 Å². The third-order valence-corrected chi connectivity index (χ3v) is 2.60. The zero-order chi connectivity index (χ0) is 10.2. The van der Waals surface area contributed by atoms with E-state index < -0.39 is 7.94 Å². The molecule has 0 rings (SSSR count). The lowest BCUT2D eigenvalue weighted by Gasteiger charge is -2.06. The molecule has 4 nitrogen and oxygen atoms in total. The van der Waals surface area contributed by atoms with E-state index in [0.717, 1.165) is 0 Å². The van der Waals surface area contributed by atoms with E-state index in [4.69, 9.17) is 13.8 Å². The van der Waals surface area contributed by atoms with Gasteiger partial charge in [0.1, 0.15) is 0 Å². The van der Waals surface area contributed by atoms with E-state index in [2.05, 4.69) is 11.8 Å². The molecule has 0 saturated heterocycles. The lowest BCUT2D eigenvalue weighted by atomic mass is 10.9. The predicted octanol–water partition coefficient (Wildman–Crippen LogP) is 1.77. The highest BCUT2D eigenvalue weighted by Gasteiger charge is 2.39. The van der Waals surface area contributed by atoms with Crippen LogP contribution in [-0.2, 0) is 13.8 Å². The maximum Gasteiger partial charge on any atom is 0.499 e. The van der Waals surface area contributed by atoms with E-state index in [-0.39, 0.29) is 0 Å². The summed E-state index contributed by atoms with van der Waals surface area (Å²) in [6.07, 6.45) is 2.34. The Balaban J connectivity index is 4.15. The first-order valence-corrected chi connectivity index (χ1v) is 5.81. The molecular formula is C8H16O4P+. The van der Waals surface area contributed by atoms with Gasteiger partial charge < -0.3 is 4.74 Å². The van der Waals surface area contributed by atoms with Gasteiger partial charge in [-0.25, -0.2) is 0 Å². The third-order valence-electron chi connectivity index (χ3n) is 1.01. The molecule has 0 bridgehead atoms. The normalized spacial score (nSPS) is 10.5. The van der Waals surface area contributed by atoms with Gasteiger partial charge in [-0.05, 0) is 20.8 Å². The van der Waals surface area contributed by atoms with Crippen LogP contribution in [0.25, 0.3) is 0 Å². The molecule has 0 aliphatic heterocycles. The lowest BCUT2D eigenvalue weighted by molar-refractivity contribution is 0.201. The molecule has 0 saturated carbocycles. The predicted molar refractivity (Wildman–Crippen MR) is 51.8 cm³/mol. The van der Waals surface area contributed by atoms with Crippen LogP contribution in [-0.4, -0.2) is 24.7 Å². The van der Waals surface area contributed by atoms with Gasteiger partial charge in [-0.1, -0.05) is 0 Å². The Morgan fingerprint density at radius 3 is 2.00 bits per heavy atom. The van der Waals surface area contributed by atoms with Crippen molar-refractivity contribution in [2.24, 2.45) is 0 Å². The number of ether oxygens (including phenoxy) is 1. The van der Waals surface area contributed by atoms with Gasteiger partial charge in [0.05, 0.1) is 19.8 Å². The highest BCUT2D eigenvalue weighted by molar-refractivity contribution is 7.65. The van der Waals surface area contributed by atoms with Crippen LogP contribution < -0.4 is 0 Å².